The first-order valence-corrected chi connectivity index (χ1v) is 5.92. The van der Waals surface area contributed by atoms with Gasteiger partial charge in [0.15, 0.2) is 11.5 Å². The van der Waals surface area contributed by atoms with E-state index in [9.17, 15) is 0 Å². The summed E-state index contributed by atoms with van der Waals surface area (Å²) in [6.07, 6.45) is 8.49. The highest BCUT2D eigenvalue weighted by Crippen LogP contribution is 2.27. The molecule has 0 unspecified atom stereocenters. The van der Waals surface area contributed by atoms with Crippen molar-refractivity contribution in [1.29, 1.82) is 0 Å². The molecule has 0 radical (unpaired) electrons. The largest absolute Gasteiger partial charge is 0.307 e. The number of fused-ring (bicyclic) bond motifs is 1. The predicted molar refractivity (Wildman–Crippen MR) is 67.0 cm³/mol. The van der Waals surface area contributed by atoms with Gasteiger partial charge in [-0.25, -0.2) is 25.8 Å². The summed E-state index contributed by atoms with van der Waals surface area (Å²) in [5, 5.41) is 1.53. The number of nitrogens with one attached hydrogen (secondary N) is 1. The van der Waals surface area contributed by atoms with Crippen LogP contribution in [0.15, 0.2) is 47.2 Å². The Morgan fingerprint density at radius 2 is 2.22 bits per heavy atom. The minimum absolute atomic E-state index is 0.567. The van der Waals surface area contributed by atoms with Crippen LogP contribution in [0.25, 0.3) is 5.65 Å². The molecule has 0 aliphatic rings. The number of anilines is 1. The molecule has 0 aliphatic carbocycles. The van der Waals surface area contributed by atoms with Crippen molar-refractivity contribution in [3.05, 3.63) is 37.2 Å². The van der Waals surface area contributed by atoms with Gasteiger partial charge in [-0.1, -0.05) is 0 Å². The summed E-state index contributed by atoms with van der Waals surface area (Å²) in [4.78, 5) is 16.6. The average Bonchev–Trinajstić information content (AvgIpc) is 2.88. The fourth-order valence-electron chi connectivity index (χ4n) is 1.48. The van der Waals surface area contributed by atoms with Crippen molar-refractivity contribution >= 4 is 23.2 Å². The van der Waals surface area contributed by atoms with Crippen LogP contribution in [0.4, 0.5) is 5.82 Å². The van der Waals surface area contributed by atoms with Gasteiger partial charge in [0.2, 0.25) is 0 Å². The second kappa shape index (κ2) is 4.59. The second-order valence-corrected chi connectivity index (χ2v) is 4.39. The maximum absolute atomic E-state index is 5.39. The summed E-state index contributed by atoms with van der Waals surface area (Å²) < 4.78 is 1.85. The monoisotopic (exact) mass is 259 g/mol. The van der Waals surface area contributed by atoms with E-state index < -0.39 is 0 Å². The molecule has 7 nitrogen and oxygen atoms in total. The Labute approximate surface area is 106 Å². The number of aromatic nitrogens is 5. The minimum Gasteiger partial charge on any atom is -0.307 e. The second-order valence-electron chi connectivity index (χ2n) is 3.38. The third-order valence-electron chi connectivity index (χ3n) is 2.25. The lowest BCUT2D eigenvalue weighted by Gasteiger charge is -2.05. The third kappa shape index (κ3) is 1.98. The molecule has 3 heterocycles. The fraction of sp³-hybridized carbons (Fsp3) is 0. The van der Waals surface area contributed by atoms with Crippen molar-refractivity contribution in [1.82, 2.24) is 24.3 Å². The molecule has 3 rings (SSSR count). The van der Waals surface area contributed by atoms with Gasteiger partial charge in [-0.2, -0.15) is 0 Å². The van der Waals surface area contributed by atoms with Crippen molar-refractivity contribution in [2.75, 3.05) is 5.43 Å². The maximum atomic E-state index is 5.39. The van der Waals surface area contributed by atoms with Crippen molar-refractivity contribution in [2.45, 2.75) is 10.1 Å². The Morgan fingerprint density at radius 1 is 1.28 bits per heavy atom. The average molecular weight is 259 g/mol. The smallest absolute Gasteiger partial charge is 0.170 e. The molecule has 3 N–H and O–H groups in total. The van der Waals surface area contributed by atoms with Crippen LogP contribution in [-0.2, 0) is 0 Å². The molecule has 0 saturated carbocycles. The SMILES string of the molecule is NNc1cn2ccnc2c(Sc2ccncn2)n1. The zero-order valence-corrected chi connectivity index (χ0v) is 10.0. The Kier molecular flexibility index (Phi) is 2.79. The van der Waals surface area contributed by atoms with E-state index >= 15 is 0 Å². The van der Waals surface area contributed by atoms with Crippen LogP contribution in [0.1, 0.15) is 0 Å². The lowest BCUT2D eigenvalue weighted by Crippen LogP contribution is -2.10. The lowest BCUT2D eigenvalue weighted by atomic mass is 10.6. The quantitative estimate of drug-likeness (QED) is 0.411. The van der Waals surface area contributed by atoms with Gasteiger partial charge in [-0.15, -0.1) is 0 Å². The Hall–Kier alpha value is -2.19. The molecule has 3 aromatic rings. The van der Waals surface area contributed by atoms with Crippen LogP contribution >= 0.6 is 11.8 Å². The number of hydrogen-bond donors (Lipinski definition) is 2. The van der Waals surface area contributed by atoms with Gasteiger partial charge in [0.05, 0.1) is 6.20 Å². The van der Waals surface area contributed by atoms with Crippen LogP contribution in [0, 0.1) is 0 Å². The molecule has 0 amide bonds. The van der Waals surface area contributed by atoms with Gasteiger partial charge in [0.25, 0.3) is 0 Å². The van der Waals surface area contributed by atoms with E-state index in [1.807, 2.05) is 16.7 Å². The number of hydrogen-bond acceptors (Lipinski definition) is 7. The summed E-state index contributed by atoms with van der Waals surface area (Å²) in [6, 6.07) is 1.81. The Bertz CT molecular complexity index is 666. The molecular formula is C10H9N7S. The first-order chi connectivity index (χ1) is 8.86. The van der Waals surface area contributed by atoms with Gasteiger partial charge in [0.1, 0.15) is 16.4 Å². The topological polar surface area (TPSA) is 94.0 Å². The molecule has 0 aliphatic heterocycles. The van der Waals surface area contributed by atoms with E-state index in [2.05, 4.69) is 25.4 Å². The number of nitrogen functional groups attached to an aromatic ring is 1. The molecule has 0 atom stereocenters. The van der Waals surface area contributed by atoms with E-state index in [-0.39, 0.29) is 0 Å². The van der Waals surface area contributed by atoms with Crippen LogP contribution < -0.4 is 11.3 Å². The highest BCUT2D eigenvalue weighted by Gasteiger charge is 2.09. The predicted octanol–water partition coefficient (Wildman–Crippen LogP) is 0.956. The van der Waals surface area contributed by atoms with Crippen LogP contribution in [0.3, 0.4) is 0 Å². The van der Waals surface area contributed by atoms with E-state index in [0.717, 1.165) is 15.7 Å². The normalized spacial score (nSPS) is 10.7. The Balaban J connectivity index is 2.07. The first kappa shape index (κ1) is 10.9. The molecule has 0 spiro atoms. The minimum atomic E-state index is 0.567. The summed E-state index contributed by atoms with van der Waals surface area (Å²) in [7, 11) is 0. The summed E-state index contributed by atoms with van der Waals surface area (Å²) in [5.41, 5.74) is 3.29. The summed E-state index contributed by atoms with van der Waals surface area (Å²) in [5.74, 6) is 5.96. The zero-order valence-electron chi connectivity index (χ0n) is 9.19. The van der Waals surface area contributed by atoms with Crippen LogP contribution in [-0.4, -0.2) is 24.3 Å². The van der Waals surface area contributed by atoms with Crippen LogP contribution in [0.5, 0.6) is 0 Å². The number of nitrogens with zero attached hydrogens (tertiary/aromatic N) is 5. The van der Waals surface area contributed by atoms with Crippen LogP contribution in [0.2, 0.25) is 0 Å². The fourth-order valence-corrected chi connectivity index (χ4v) is 2.30. The highest BCUT2D eigenvalue weighted by molar-refractivity contribution is 7.99. The van der Waals surface area contributed by atoms with Crippen molar-refractivity contribution in [3.8, 4) is 0 Å². The van der Waals surface area contributed by atoms with E-state index in [4.69, 9.17) is 5.84 Å². The summed E-state index contributed by atoms with van der Waals surface area (Å²) >= 11 is 1.41. The van der Waals surface area contributed by atoms with E-state index in [1.54, 1.807) is 18.6 Å². The number of rotatable bonds is 3. The molecule has 8 heteroatoms. The molecule has 0 aromatic carbocycles. The van der Waals surface area contributed by atoms with Gasteiger partial charge in [0, 0.05) is 18.6 Å². The van der Waals surface area contributed by atoms with E-state index in [0.29, 0.717) is 5.82 Å². The van der Waals surface area contributed by atoms with Gasteiger partial charge < -0.3 is 9.83 Å². The zero-order chi connectivity index (χ0) is 12.4. The molecule has 0 fully saturated rings. The van der Waals surface area contributed by atoms with Gasteiger partial charge >= 0.3 is 0 Å². The molecule has 0 saturated heterocycles. The highest BCUT2D eigenvalue weighted by atomic mass is 32.2. The van der Waals surface area contributed by atoms with Crippen molar-refractivity contribution < 1.29 is 0 Å². The molecular weight excluding hydrogens is 250 g/mol. The van der Waals surface area contributed by atoms with E-state index in [1.165, 1.54) is 18.1 Å². The van der Waals surface area contributed by atoms with Gasteiger partial charge in [-0.3, -0.25) is 0 Å². The maximum Gasteiger partial charge on any atom is 0.170 e. The Morgan fingerprint density at radius 3 is 3.00 bits per heavy atom. The molecule has 0 bridgehead atoms. The van der Waals surface area contributed by atoms with Crippen molar-refractivity contribution in [3.63, 3.8) is 0 Å². The molecule has 3 aromatic heterocycles. The van der Waals surface area contributed by atoms with Gasteiger partial charge in [-0.05, 0) is 17.8 Å². The standard InChI is InChI=1S/C10H9N7S/c11-16-7-5-17-4-3-13-9(17)10(15-7)18-8-1-2-12-6-14-8/h1-6,16H,11H2. The van der Waals surface area contributed by atoms with Crippen molar-refractivity contribution in [2.24, 2.45) is 5.84 Å². The number of hydrazine groups is 1. The number of nitrogens with two attached hydrogens (primary N) is 1. The number of imidazole rings is 1. The molecule has 90 valence electrons. The third-order valence-corrected chi connectivity index (χ3v) is 3.17. The molecule has 18 heavy (non-hydrogen) atoms. The summed E-state index contributed by atoms with van der Waals surface area (Å²) in [6.45, 7) is 0. The lowest BCUT2D eigenvalue weighted by molar-refractivity contribution is 1.01. The first-order valence-electron chi connectivity index (χ1n) is 5.11.